The van der Waals surface area contributed by atoms with Gasteiger partial charge in [-0.25, -0.2) is 17.2 Å². The van der Waals surface area contributed by atoms with Gasteiger partial charge in [0, 0.05) is 36.7 Å². The van der Waals surface area contributed by atoms with Crippen molar-refractivity contribution in [2.45, 2.75) is 13.3 Å². The molecule has 1 amide bonds. The Morgan fingerprint density at radius 1 is 1.16 bits per heavy atom. The van der Waals surface area contributed by atoms with Crippen LogP contribution in [0.4, 0.5) is 14.5 Å². The van der Waals surface area contributed by atoms with Crippen molar-refractivity contribution in [3.8, 4) is 11.3 Å². The second-order valence-electron chi connectivity index (χ2n) is 7.39. The van der Waals surface area contributed by atoms with E-state index in [4.69, 9.17) is 4.42 Å². The van der Waals surface area contributed by atoms with Gasteiger partial charge >= 0.3 is 0 Å². The molecule has 9 heteroatoms. The summed E-state index contributed by atoms with van der Waals surface area (Å²) >= 11 is 0. The van der Waals surface area contributed by atoms with Crippen molar-refractivity contribution in [1.82, 2.24) is 5.32 Å². The van der Waals surface area contributed by atoms with Gasteiger partial charge in [-0.05, 0) is 37.1 Å². The Balaban J connectivity index is 2.08. The molecule has 0 aliphatic carbocycles. The Bertz CT molecular complexity index is 1360. The second-order valence-corrected chi connectivity index (χ2v) is 9.29. The van der Waals surface area contributed by atoms with E-state index in [1.54, 1.807) is 12.1 Å². The van der Waals surface area contributed by atoms with Crippen molar-refractivity contribution in [3.63, 3.8) is 0 Å². The highest BCUT2D eigenvalue weighted by Gasteiger charge is 2.28. The molecule has 1 aliphatic rings. The summed E-state index contributed by atoms with van der Waals surface area (Å²) in [4.78, 5) is 12.7. The normalized spacial score (nSPS) is 14.2. The summed E-state index contributed by atoms with van der Waals surface area (Å²) in [6.07, 6.45) is 3.58. The number of sulfonamides is 1. The van der Waals surface area contributed by atoms with Gasteiger partial charge < -0.3 is 9.73 Å². The highest BCUT2D eigenvalue weighted by atomic mass is 32.2. The molecule has 1 N–H and O–H groups in total. The maximum atomic E-state index is 14.5. The summed E-state index contributed by atoms with van der Waals surface area (Å²) in [5, 5.41) is 2.92. The third-order valence-corrected chi connectivity index (χ3v) is 6.49. The van der Waals surface area contributed by atoms with Crippen molar-refractivity contribution in [1.29, 1.82) is 0 Å². The smallest absolute Gasteiger partial charge is 0.255 e. The molecule has 0 bridgehead atoms. The summed E-state index contributed by atoms with van der Waals surface area (Å²) in [5.74, 6) is -2.19. The number of anilines is 1. The highest BCUT2D eigenvalue weighted by molar-refractivity contribution is 7.92. The standard InChI is InChI=1S/C22H20F2N2O4S/c1-12-5-4-8-26(31(3,28)29)18-11-19-16(10-15(12)18)20(22(27)25-2)21(30-19)14-7-6-13(23)9-17(14)24/h5-7,9-11H,4,8H2,1-3H3,(H,25,27). The molecule has 4 rings (SSSR count). The summed E-state index contributed by atoms with van der Waals surface area (Å²) in [6.45, 7) is 2.12. The number of halogens is 2. The Morgan fingerprint density at radius 2 is 1.90 bits per heavy atom. The van der Waals surface area contributed by atoms with Crippen molar-refractivity contribution >= 4 is 38.2 Å². The molecule has 0 saturated carbocycles. The molecule has 6 nitrogen and oxygen atoms in total. The van der Waals surface area contributed by atoms with Gasteiger partial charge in [0.05, 0.1) is 23.1 Å². The molecule has 31 heavy (non-hydrogen) atoms. The molecule has 3 aromatic rings. The molecular formula is C22H20F2N2O4S. The maximum absolute atomic E-state index is 14.5. The predicted molar refractivity (Wildman–Crippen MR) is 115 cm³/mol. The summed E-state index contributed by atoms with van der Waals surface area (Å²) in [6, 6.07) is 6.22. The molecule has 0 fully saturated rings. The minimum Gasteiger partial charge on any atom is -0.455 e. The first kappa shape index (κ1) is 21.0. The fourth-order valence-electron chi connectivity index (χ4n) is 3.84. The van der Waals surface area contributed by atoms with Crippen molar-refractivity contribution in [2.75, 3.05) is 24.2 Å². The van der Waals surface area contributed by atoms with E-state index in [0.29, 0.717) is 29.1 Å². The topological polar surface area (TPSA) is 79.6 Å². The van der Waals surface area contributed by atoms with Gasteiger partial charge in [-0.1, -0.05) is 6.08 Å². The van der Waals surface area contributed by atoms with Crippen LogP contribution in [0.1, 0.15) is 29.3 Å². The fraction of sp³-hybridized carbons (Fsp3) is 0.227. The SMILES string of the molecule is CNC(=O)c1c(-c2ccc(F)cc2F)oc2cc3c(cc12)C(C)=CCCN3S(C)(=O)=O. The van der Waals surface area contributed by atoms with Crippen LogP contribution in [0.2, 0.25) is 0 Å². The van der Waals surface area contributed by atoms with E-state index >= 15 is 0 Å². The van der Waals surface area contributed by atoms with Crippen LogP contribution < -0.4 is 9.62 Å². The number of allylic oxidation sites excluding steroid dienone is 1. The number of nitrogens with zero attached hydrogens (tertiary/aromatic N) is 1. The number of carbonyl (C=O) groups is 1. The number of benzene rings is 2. The van der Waals surface area contributed by atoms with Gasteiger partial charge in [-0.2, -0.15) is 0 Å². The molecule has 1 aliphatic heterocycles. The van der Waals surface area contributed by atoms with E-state index in [1.165, 1.54) is 17.4 Å². The largest absolute Gasteiger partial charge is 0.455 e. The molecule has 0 atom stereocenters. The van der Waals surface area contributed by atoms with Crippen LogP contribution in [0.15, 0.2) is 40.8 Å². The molecule has 162 valence electrons. The molecule has 2 heterocycles. The van der Waals surface area contributed by atoms with E-state index in [2.05, 4.69) is 5.32 Å². The van der Waals surface area contributed by atoms with Crippen LogP contribution >= 0.6 is 0 Å². The van der Waals surface area contributed by atoms with E-state index in [9.17, 15) is 22.0 Å². The van der Waals surface area contributed by atoms with E-state index < -0.39 is 27.6 Å². The van der Waals surface area contributed by atoms with Crippen LogP contribution in [0.25, 0.3) is 27.9 Å². The maximum Gasteiger partial charge on any atom is 0.255 e. The predicted octanol–water partition coefficient (Wildman–Crippen LogP) is 4.31. The van der Waals surface area contributed by atoms with Crippen LogP contribution in [0, 0.1) is 11.6 Å². The van der Waals surface area contributed by atoms with E-state index in [-0.39, 0.29) is 29.0 Å². The summed E-state index contributed by atoms with van der Waals surface area (Å²) in [5.41, 5.74) is 2.14. The van der Waals surface area contributed by atoms with Gasteiger partial charge in [0.2, 0.25) is 10.0 Å². The minimum absolute atomic E-state index is 0.0560. The van der Waals surface area contributed by atoms with Crippen molar-refractivity contribution in [3.05, 3.63) is 59.2 Å². The highest BCUT2D eigenvalue weighted by Crippen LogP contribution is 2.41. The number of nitrogens with one attached hydrogen (secondary N) is 1. The average Bonchev–Trinajstić information content (AvgIpc) is 2.97. The number of rotatable bonds is 3. The average molecular weight is 446 g/mol. The lowest BCUT2D eigenvalue weighted by molar-refractivity contribution is 0.0964. The summed E-state index contributed by atoms with van der Waals surface area (Å²) < 4.78 is 59.9. The zero-order valence-electron chi connectivity index (χ0n) is 17.1. The van der Waals surface area contributed by atoms with Crippen LogP contribution in [0.3, 0.4) is 0 Å². The number of carbonyl (C=O) groups excluding carboxylic acids is 1. The lowest BCUT2D eigenvalue weighted by Crippen LogP contribution is -2.30. The number of hydrogen-bond acceptors (Lipinski definition) is 4. The summed E-state index contributed by atoms with van der Waals surface area (Å²) in [7, 11) is -2.13. The van der Waals surface area contributed by atoms with Crippen molar-refractivity contribution in [2.24, 2.45) is 0 Å². The number of furan rings is 1. The van der Waals surface area contributed by atoms with Crippen LogP contribution in [-0.4, -0.2) is 34.2 Å². The lowest BCUT2D eigenvalue weighted by atomic mass is 9.99. The quantitative estimate of drug-likeness (QED) is 0.650. The van der Waals surface area contributed by atoms with Crippen molar-refractivity contribution < 1.29 is 26.4 Å². The Hall–Kier alpha value is -3.20. The van der Waals surface area contributed by atoms with Gasteiger partial charge in [0.15, 0.2) is 5.76 Å². The minimum atomic E-state index is -3.57. The van der Waals surface area contributed by atoms with Gasteiger partial charge in [-0.3, -0.25) is 9.10 Å². The van der Waals surface area contributed by atoms with Crippen LogP contribution in [-0.2, 0) is 10.0 Å². The lowest BCUT2D eigenvalue weighted by Gasteiger charge is -2.22. The Labute approximate surface area is 178 Å². The number of hydrogen-bond donors (Lipinski definition) is 1. The first-order valence-electron chi connectivity index (χ1n) is 9.54. The zero-order valence-corrected chi connectivity index (χ0v) is 17.9. The first-order valence-corrected chi connectivity index (χ1v) is 11.4. The number of fused-ring (bicyclic) bond motifs is 2. The van der Waals surface area contributed by atoms with E-state index in [0.717, 1.165) is 17.9 Å². The third kappa shape index (κ3) is 3.59. The Kier molecular flexibility index (Phi) is 5.09. The molecule has 0 unspecified atom stereocenters. The molecule has 0 spiro atoms. The van der Waals surface area contributed by atoms with Gasteiger partial charge in [-0.15, -0.1) is 0 Å². The van der Waals surface area contributed by atoms with Gasteiger partial charge in [0.25, 0.3) is 5.91 Å². The fourth-order valence-corrected chi connectivity index (χ4v) is 4.79. The monoisotopic (exact) mass is 446 g/mol. The first-order chi connectivity index (χ1) is 14.6. The zero-order chi connectivity index (χ0) is 22.5. The number of amides is 1. The molecule has 0 saturated heterocycles. The molecular weight excluding hydrogens is 426 g/mol. The second kappa shape index (κ2) is 7.49. The van der Waals surface area contributed by atoms with Gasteiger partial charge in [0.1, 0.15) is 17.2 Å². The molecule has 2 aromatic carbocycles. The van der Waals surface area contributed by atoms with Crippen LogP contribution in [0.5, 0.6) is 0 Å². The van der Waals surface area contributed by atoms with E-state index in [1.807, 2.05) is 13.0 Å². The third-order valence-electron chi connectivity index (χ3n) is 5.31. The molecule has 0 radical (unpaired) electrons. The Morgan fingerprint density at radius 3 is 2.55 bits per heavy atom. The molecule has 1 aromatic heterocycles.